The quantitative estimate of drug-likeness (QED) is 0.607. The van der Waals surface area contributed by atoms with E-state index in [4.69, 9.17) is 11.6 Å². The van der Waals surface area contributed by atoms with Crippen molar-refractivity contribution in [2.24, 2.45) is 0 Å². The average Bonchev–Trinajstić information content (AvgIpc) is 2.08. The van der Waals surface area contributed by atoms with Crippen LogP contribution in [0.3, 0.4) is 0 Å². The van der Waals surface area contributed by atoms with Gasteiger partial charge < -0.3 is 0 Å². The number of carbonyl (C=O) groups excluding carboxylic acids is 2. The Morgan fingerprint density at radius 1 is 0.833 bits per heavy atom. The highest BCUT2D eigenvalue weighted by Gasteiger charge is 2.29. The summed E-state index contributed by atoms with van der Waals surface area (Å²) >= 11 is 14.4. The normalized spacial score (nSPS) is 19.3. The Bertz CT molecular complexity index is 281. The Hall–Kier alpha value is 0.550. The zero-order valence-electron chi connectivity index (χ0n) is 5.33. The Morgan fingerprint density at radius 3 is 1.75 bits per heavy atom. The molecule has 1 aliphatic carbocycles. The highest BCUT2D eigenvalue weighted by atomic mass is 79.9. The van der Waals surface area contributed by atoms with Gasteiger partial charge in [-0.2, -0.15) is 0 Å². The van der Waals surface area contributed by atoms with Crippen LogP contribution in [0.1, 0.15) is 0 Å². The molecule has 0 aliphatic heterocycles. The summed E-state index contributed by atoms with van der Waals surface area (Å²) in [6.07, 6.45) is 0. The van der Waals surface area contributed by atoms with Crippen LogP contribution < -0.4 is 0 Å². The van der Waals surface area contributed by atoms with Crippen LogP contribution in [0.2, 0.25) is 0 Å². The third-order valence-corrected chi connectivity index (χ3v) is 4.57. The minimum absolute atomic E-state index is 0.0873. The zero-order chi connectivity index (χ0) is 9.46. The topological polar surface area (TPSA) is 34.1 Å². The van der Waals surface area contributed by atoms with Gasteiger partial charge in [0.1, 0.15) is 5.03 Å². The number of rotatable bonds is 0. The van der Waals surface area contributed by atoms with Gasteiger partial charge in [0.2, 0.25) is 11.6 Å². The van der Waals surface area contributed by atoms with Gasteiger partial charge >= 0.3 is 0 Å². The van der Waals surface area contributed by atoms with Crippen molar-refractivity contribution in [2.45, 2.75) is 0 Å². The molecule has 6 heteroatoms. The second kappa shape index (κ2) is 3.74. The van der Waals surface area contributed by atoms with E-state index in [2.05, 4.69) is 47.8 Å². The number of ketones is 2. The standard InChI is InChI=1S/C6Br3ClO2/c7-1-2(8)6(12)4(10)3(9)5(1)11. The van der Waals surface area contributed by atoms with Crippen LogP contribution in [0.5, 0.6) is 0 Å². The average molecular weight is 379 g/mol. The molecule has 0 fully saturated rings. The predicted molar refractivity (Wildman–Crippen MR) is 56.7 cm³/mol. The van der Waals surface area contributed by atoms with E-state index in [-0.39, 0.29) is 24.3 Å². The monoisotopic (exact) mass is 376 g/mol. The molecule has 0 atom stereocenters. The molecule has 0 radical (unpaired) electrons. The summed E-state index contributed by atoms with van der Waals surface area (Å²) in [5, 5.41) is -0.102. The van der Waals surface area contributed by atoms with Crippen LogP contribution in [-0.2, 0) is 9.59 Å². The summed E-state index contributed by atoms with van der Waals surface area (Å²) in [5.74, 6) is -0.749. The molecular weight excluding hydrogens is 379 g/mol. The second-order valence-electron chi connectivity index (χ2n) is 1.91. The number of allylic oxidation sites excluding steroid dienone is 4. The van der Waals surface area contributed by atoms with Crippen LogP contribution in [0, 0.1) is 0 Å². The molecule has 0 saturated carbocycles. The Balaban J connectivity index is 3.32. The summed E-state index contributed by atoms with van der Waals surface area (Å²) in [4.78, 5) is 22.4. The summed E-state index contributed by atoms with van der Waals surface area (Å²) in [6, 6.07) is 0. The Kier molecular flexibility index (Phi) is 3.31. The lowest BCUT2D eigenvalue weighted by molar-refractivity contribution is -0.114. The van der Waals surface area contributed by atoms with Gasteiger partial charge in [0.25, 0.3) is 0 Å². The maximum absolute atomic E-state index is 11.2. The van der Waals surface area contributed by atoms with Crippen molar-refractivity contribution in [3.63, 3.8) is 0 Å². The van der Waals surface area contributed by atoms with Crippen molar-refractivity contribution < 1.29 is 9.59 Å². The fourth-order valence-corrected chi connectivity index (χ4v) is 2.29. The third kappa shape index (κ3) is 1.60. The fourth-order valence-electron chi connectivity index (χ4n) is 0.591. The number of halogens is 4. The SMILES string of the molecule is O=C1C(Cl)=C(Br)C(=O)C(Br)=C1Br. The molecule has 0 aromatic rings. The molecular formula is C6Br3ClO2. The van der Waals surface area contributed by atoms with Gasteiger partial charge in [-0.3, -0.25) is 9.59 Å². The van der Waals surface area contributed by atoms with E-state index in [1.54, 1.807) is 0 Å². The number of hydrogen-bond acceptors (Lipinski definition) is 2. The van der Waals surface area contributed by atoms with E-state index < -0.39 is 5.78 Å². The van der Waals surface area contributed by atoms with Gasteiger partial charge in [-0.1, -0.05) is 11.6 Å². The number of Topliss-reactive ketones (excluding diaryl/α,β-unsaturated/α-hetero) is 2. The Labute approximate surface area is 98.4 Å². The van der Waals surface area contributed by atoms with Crippen LogP contribution in [0.4, 0.5) is 0 Å². The molecule has 64 valence electrons. The van der Waals surface area contributed by atoms with Crippen LogP contribution >= 0.6 is 59.4 Å². The number of hydrogen-bond donors (Lipinski definition) is 0. The van der Waals surface area contributed by atoms with E-state index in [1.807, 2.05) is 0 Å². The second-order valence-corrected chi connectivity index (χ2v) is 4.67. The maximum Gasteiger partial charge on any atom is 0.213 e. The van der Waals surface area contributed by atoms with Gasteiger partial charge in [0, 0.05) is 0 Å². The van der Waals surface area contributed by atoms with Gasteiger partial charge in [-0.25, -0.2) is 0 Å². The summed E-state index contributed by atoms with van der Waals surface area (Å²) < 4.78 is 0.425. The Morgan fingerprint density at radius 2 is 1.25 bits per heavy atom. The summed E-state index contributed by atoms with van der Waals surface area (Å²) in [6.45, 7) is 0. The fraction of sp³-hybridized carbons (Fsp3) is 0. The molecule has 0 N–H and O–H groups in total. The third-order valence-electron chi connectivity index (χ3n) is 1.18. The molecule has 0 amide bonds. The van der Waals surface area contributed by atoms with Gasteiger partial charge in [-0.15, -0.1) is 0 Å². The molecule has 0 aromatic carbocycles. The smallest absolute Gasteiger partial charge is 0.213 e. The first-order valence-corrected chi connectivity index (χ1v) is 5.42. The van der Waals surface area contributed by atoms with Crippen molar-refractivity contribution in [3.8, 4) is 0 Å². The van der Waals surface area contributed by atoms with Gasteiger partial charge in [0.15, 0.2) is 0 Å². The van der Waals surface area contributed by atoms with Crippen molar-refractivity contribution in [2.75, 3.05) is 0 Å². The molecule has 0 aromatic heterocycles. The molecule has 12 heavy (non-hydrogen) atoms. The molecule has 0 heterocycles. The first kappa shape index (κ1) is 10.6. The first-order valence-electron chi connectivity index (χ1n) is 2.66. The predicted octanol–water partition coefficient (Wildman–Crippen LogP) is 2.98. The molecule has 1 rings (SSSR count). The maximum atomic E-state index is 11.2. The van der Waals surface area contributed by atoms with Crippen molar-refractivity contribution in [1.29, 1.82) is 0 Å². The van der Waals surface area contributed by atoms with Crippen molar-refractivity contribution in [3.05, 3.63) is 18.5 Å². The lowest BCUT2D eigenvalue weighted by Gasteiger charge is -2.09. The van der Waals surface area contributed by atoms with Crippen molar-refractivity contribution >= 4 is 71.0 Å². The molecule has 0 unspecified atom stereocenters. The molecule has 0 spiro atoms. The van der Waals surface area contributed by atoms with E-state index in [0.29, 0.717) is 0 Å². The lowest BCUT2D eigenvalue weighted by atomic mass is 10.2. The van der Waals surface area contributed by atoms with E-state index in [0.717, 1.165) is 0 Å². The minimum Gasteiger partial charge on any atom is -0.287 e. The lowest BCUT2D eigenvalue weighted by Crippen LogP contribution is -2.14. The first-order chi connectivity index (χ1) is 5.46. The molecule has 1 aliphatic rings. The van der Waals surface area contributed by atoms with E-state index >= 15 is 0 Å². The summed E-state index contributed by atoms with van der Waals surface area (Å²) in [7, 11) is 0. The highest BCUT2D eigenvalue weighted by Crippen LogP contribution is 2.35. The molecule has 0 saturated heterocycles. The summed E-state index contributed by atoms with van der Waals surface area (Å²) in [5.41, 5.74) is 0. The van der Waals surface area contributed by atoms with Crippen molar-refractivity contribution in [1.82, 2.24) is 0 Å². The van der Waals surface area contributed by atoms with Gasteiger partial charge in [0.05, 0.1) is 13.4 Å². The van der Waals surface area contributed by atoms with Crippen LogP contribution in [-0.4, -0.2) is 11.6 Å². The van der Waals surface area contributed by atoms with Crippen LogP contribution in [0.25, 0.3) is 0 Å². The molecule has 2 nitrogen and oxygen atoms in total. The van der Waals surface area contributed by atoms with Crippen LogP contribution in [0.15, 0.2) is 18.5 Å². The number of carbonyl (C=O) groups is 2. The largest absolute Gasteiger partial charge is 0.287 e. The highest BCUT2D eigenvalue weighted by molar-refractivity contribution is 9.15. The zero-order valence-corrected chi connectivity index (χ0v) is 10.8. The van der Waals surface area contributed by atoms with E-state index in [9.17, 15) is 9.59 Å². The molecule has 0 bridgehead atoms. The minimum atomic E-state index is -0.407. The van der Waals surface area contributed by atoms with E-state index in [1.165, 1.54) is 0 Å². The van der Waals surface area contributed by atoms with Gasteiger partial charge in [-0.05, 0) is 47.8 Å².